The summed E-state index contributed by atoms with van der Waals surface area (Å²) in [7, 11) is 0. The minimum absolute atomic E-state index is 0.174. The summed E-state index contributed by atoms with van der Waals surface area (Å²) in [4.78, 5) is 0. The largest absolute Gasteiger partial charge is 0.490 e. The molecule has 0 aromatic heterocycles. The van der Waals surface area contributed by atoms with Crippen LogP contribution in [0.25, 0.3) is 0 Å². The molecule has 0 saturated heterocycles. The summed E-state index contributed by atoms with van der Waals surface area (Å²) in [5.74, 6) is 0.504. The average molecular weight is 221 g/mol. The van der Waals surface area contributed by atoms with Gasteiger partial charge in [-0.2, -0.15) is 0 Å². The fourth-order valence-electron chi connectivity index (χ4n) is 1.13. The first-order chi connectivity index (χ1) is 7.68. The van der Waals surface area contributed by atoms with E-state index >= 15 is 0 Å². The predicted molar refractivity (Wildman–Crippen MR) is 63.2 cm³/mol. The van der Waals surface area contributed by atoms with Crippen molar-refractivity contribution in [2.45, 2.75) is 19.3 Å². The Morgan fingerprint density at radius 1 is 1.44 bits per heavy atom. The molecule has 0 heterocycles. The van der Waals surface area contributed by atoms with E-state index in [1.54, 1.807) is 12.2 Å². The molecule has 0 saturated carbocycles. The first kappa shape index (κ1) is 12.5. The van der Waals surface area contributed by atoms with Crippen LogP contribution in [0.1, 0.15) is 12.0 Å². The first-order valence-electron chi connectivity index (χ1n) is 5.10. The second kappa shape index (κ2) is 6.80. The van der Waals surface area contributed by atoms with Gasteiger partial charge in [0.05, 0.1) is 0 Å². The highest BCUT2D eigenvalue weighted by Crippen LogP contribution is 2.06. The number of halogens is 1. The zero-order valence-corrected chi connectivity index (χ0v) is 9.10. The lowest BCUT2D eigenvalue weighted by atomic mass is 10.2. The van der Waals surface area contributed by atoms with Crippen molar-refractivity contribution in [2.24, 2.45) is 5.73 Å². The van der Waals surface area contributed by atoms with Gasteiger partial charge >= 0.3 is 0 Å². The maximum Gasteiger partial charge on any atom is 0.152 e. The van der Waals surface area contributed by atoms with Crippen LogP contribution >= 0.6 is 0 Å². The average Bonchev–Trinajstić information content (AvgIpc) is 2.27. The molecule has 0 amide bonds. The second-order valence-corrected chi connectivity index (χ2v) is 3.39. The molecule has 0 radical (unpaired) electrons. The number of alkyl halides is 1. The Kier molecular flexibility index (Phi) is 5.29. The summed E-state index contributed by atoms with van der Waals surface area (Å²) in [6, 6.07) is 9.77. The molecule has 2 nitrogen and oxygen atoms in total. The van der Waals surface area contributed by atoms with Crippen molar-refractivity contribution >= 4 is 0 Å². The van der Waals surface area contributed by atoms with Crippen LogP contribution in [0.3, 0.4) is 0 Å². The molecule has 1 unspecified atom stereocenters. The number of benzene rings is 1. The Morgan fingerprint density at radius 2 is 2.12 bits per heavy atom. The molecule has 1 atom stereocenters. The van der Waals surface area contributed by atoms with Crippen molar-refractivity contribution in [3.05, 3.63) is 60.4 Å². The maximum absolute atomic E-state index is 12.3. The van der Waals surface area contributed by atoms with Crippen LogP contribution in [-0.2, 0) is 11.3 Å². The van der Waals surface area contributed by atoms with Crippen LogP contribution in [0.15, 0.2) is 54.8 Å². The highest BCUT2D eigenvalue weighted by Gasteiger charge is 1.95. The van der Waals surface area contributed by atoms with Crippen LogP contribution < -0.4 is 5.73 Å². The highest BCUT2D eigenvalue weighted by atomic mass is 19.1. The smallest absolute Gasteiger partial charge is 0.152 e. The molecule has 86 valence electrons. The fourth-order valence-corrected chi connectivity index (χ4v) is 1.13. The van der Waals surface area contributed by atoms with Crippen LogP contribution in [0.5, 0.6) is 0 Å². The number of hydrogen-bond acceptors (Lipinski definition) is 2. The molecule has 0 aliphatic carbocycles. The van der Waals surface area contributed by atoms with Gasteiger partial charge in [0.25, 0.3) is 0 Å². The van der Waals surface area contributed by atoms with Crippen molar-refractivity contribution in [1.29, 1.82) is 0 Å². The lowest BCUT2D eigenvalue weighted by Crippen LogP contribution is -2.10. The molecule has 1 rings (SSSR count). The van der Waals surface area contributed by atoms with Gasteiger partial charge in [-0.3, -0.25) is 0 Å². The summed E-state index contributed by atoms with van der Waals surface area (Å²) >= 11 is 0. The zero-order valence-electron chi connectivity index (χ0n) is 9.10. The molecular weight excluding hydrogens is 205 g/mol. The first-order valence-corrected chi connectivity index (χ1v) is 5.10. The van der Waals surface area contributed by atoms with E-state index in [0.717, 1.165) is 5.56 Å². The quantitative estimate of drug-likeness (QED) is 0.455. The van der Waals surface area contributed by atoms with Crippen molar-refractivity contribution < 1.29 is 9.13 Å². The lowest BCUT2D eigenvalue weighted by Gasteiger charge is -2.05. The maximum atomic E-state index is 12.3. The van der Waals surface area contributed by atoms with Gasteiger partial charge in [0.1, 0.15) is 12.4 Å². The summed E-state index contributed by atoms with van der Waals surface area (Å²) in [5.41, 5.74) is 6.02. The van der Waals surface area contributed by atoms with Crippen LogP contribution in [-0.4, -0.2) is 6.30 Å². The molecule has 1 aromatic rings. The van der Waals surface area contributed by atoms with E-state index in [1.165, 1.54) is 0 Å². The molecule has 0 bridgehead atoms. The lowest BCUT2D eigenvalue weighted by molar-refractivity contribution is 0.212. The van der Waals surface area contributed by atoms with E-state index in [0.29, 0.717) is 12.4 Å². The van der Waals surface area contributed by atoms with Crippen LogP contribution in [0.2, 0.25) is 0 Å². The third kappa shape index (κ3) is 5.32. The molecule has 0 fully saturated rings. The third-order valence-corrected chi connectivity index (χ3v) is 1.93. The van der Waals surface area contributed by atoms with Gasteiger partial charge in [-0.05, 0) is 11.6 Å². The minimum Gasteiger partial charge on any atom is -0.490 e. The van der Waals surface area contributed by atoms with Gasteiger partial charge in [0, 0.05) is 6.42 Å². The van der Waals surface area contributed by atoms with Crippen molar-refractivity contribution in [3.8, 4) is 0 Å². The van der Waals surface area contributed by atoms with E-state index in [4.69, 9.17) is 10.5 Å². The van der Waals surface area contributed by atoms with Gasteiger partial charge in [0.2, 0.25) is 0 Å². The molecule has 16 heavy (non-hydrogen) atoms. The molecule has 0 aliphatic rings. The number of hydrogen-bond donors (Lipinski definition) is 1. The highest BCUT2D eigenvalue weighted by molar-refractivity contribution is 5.15. The Labute approximate surface area is 95.2 Å². The number of allylic oxidation sites excluding steroid dienone is 1. The number of ether oxygens (including phenoxy) is 1. The SMILES string of the molecule is C=C(/C=C\CC(N)F)OCc1ccccc1. The molecular formula is C13H16FNO. The summed E-state index contributed by atoms with van der Waals surface area (Å²) in [5, 5.41) is 0. The normalized spacial score (nSPS) is 12.6. The van der Waals surface area contributed by atoms with E-state index in [9.17, 15) is 4.39 Å². The summed E-state index contributed by atoms with van der Waals surface area (Å²) < 4.78 is 17.6. The Balaban J connectivity index is 2.28. The topological polar surface area (TPSA) is 35.2 Å². The molecule has 3 heteroatoms. The van der Waals surface area contributed by atoms with E-state index < -0.39 is 6.30 Å². The van der Waals surface area contributed by atoms with E-state index in [1.807, 2.05) is 30.3 Å². The fraction of sp³-hybridized carbons (Fsp3) is 0.231. The van der Waals surface area contributed by atoms with Crippen LogP contribution in [0.4, 0.5) is 4.39 Å². The second-order valence-electron chi connectivity index (χ2n) is 3.39. The van der Waals surface area contributed by atoms with Gasteiger partial charge in [0.15, 0.2) is 6.30 Å². The Hall–Kier alpha value is -1.61. The van der Waals surface area contributed by atoms with E-state index in [2.05, 4.69) is 6.58 Å². The molecule has 2 N–H and O–H groups in total. The zero-order chi connectivity index (χ0) is 11.8. The molecule has 1 aromatic carbocycles. The summed E-state index contributed by atoms with van der Waals surface area (Å²) in [6.45, 7) is 4.16. The number of nitrogens with two attached hydrogens (primary N) is 1. The minimum atomic E-state index is -1.32. The standard InChI is InChI=1S/C13H16FNO/c1-11(6-5-9-13(14)15)16-10-12-7-3-2-4-8-12/h2-8,13H,1,9-10,15H2/b6-5-. The predicted octanol–water partition coefficient (Wildman–Crippen LogP) is 2.92. The molecule has 0 aliphatic heterocycles. The Bertz CT molecular complexity index is 346. The van der Waals surface area contributed by atoms with E-state index in [-0.39, 0.29) is 6.42 Å². The molecule has 0 spiro atoms. The van der Waals surface area contributed by atoms with Crippen molar-refractivity contribution in [3.63, 3.8) is 0 Å². The van der Waals surface area contributed by atoms with Gasteiger partial charge in [-0.25, -0.2) is 4.39 Å². The van der Waals surface area contributed by atoms with Crippen molar-refractivity contribution in [1.82, 2.24) is 0 Å². The number of rotatable bonds is 6. The van der Waals surface area contributed by atoms with Gasteiger partial charge in [-0.15, -0.1) is 0 Å². The van der Waals surface area contributed by atoms with Crippen molar-refractivity contribution in [2.75, 3.05) is 0 Å². The Morgan fingerprint density at radius 3 is 2.75 bits per heavy atom. The van der Waals surface area contributed by atoms with Crippen LogP contribution in [0, 0.1) is 0 Å². The summed E-state index contributed by atoms with van der Waals surface area (Å²) in [6.07, 6.45) is 2.09. The van der Waals surface area contributed by atoms with Gasteiger partial charge in [-0.1, -0.05) is 43.0 Å². The van der Waals surface area contributed by atoms with Gasteiger partial charge < -0.3 is 10.5 Å². The monoisotopic (exact) mass is 221 g/mol. The third-order valence-electron chi connectivity index (χ3n) is 1.93.